The van der Waals surface area contributed by atoms with Crippen molar-refractivity contribution in [2.24, 2.45) is 5.92 Å². The number of hydrogen-bond acceptors (Lipinski definition) is 4. The summed E-state index contributed by atoms with van der Waals surface area (Å²) in [5.41, 5.74) is 0. The van der Waals surface area contributed by atoms with E-state index in [0.717, 1.165) is 17.7 Å². The smallest absolute Gasteiger partial charge is 0.245 e. The van der Waals surface area contributed by atoms with Crippen molar-refractivity contribution in [2.45, 2.75) is 47.0 Å². The van der Waals surface area contributed by atoms with Crippen LogP contribution in [0.1, 0.15) is 44.9 Å². The van der Waals surface area contributed by atoms with Crippen molar-refractivity contribution >= 4 is 28.3 Å². The third kappa shape index (κ3) is 6.71. The van der Waals surface area contributed by atoms with Gasteiger partial charge in [0.05, 0.1) is 6.54 Å². The van der Waals surface area contributed by atoms with Gasteiger partial charge in [0.25, 0.3) is 0 Å². The van der Waals surface area contributed by atoms with E-state index in [9.17, 15) is 9.59 Å². The molecular weight excluding hydrogens is 286 g/mol. The lowest BCUT2D eigenvalue weighted by Crippen LogP contribution is -2.39. The number of aromatic nitrogens is 1. The van der Waals surface area contributed by atoms with Crippen LogP contribution in [-0.2, 0) is 9.59 Å². The van der Waals surface area contributed by atoms with Crippen LogP contribution >= 0.6 is 11.3 Å². The zero-order valence-corrected chi connectivity index (χ0v) is 14.1. The molecular formula is C15H25N3O2S. The predicted octanol–water partition coefficient (Wildman–Crippen LogP) is 3.06. The molecule has 0 aliphatic rings. The van der Waals surface area contributed by atoms with Crippen molar-refractivity contribution in [2.75, 3.05) is 18.4 Å². The van der Waals surface area contributed by atoms with Crippen molar-refractivity contribution < 1.29 is 9.59 Å². The first-order valence-electron chi connectivity index (χ1n) is 7.42. The monoisotopic (exact) mass is 311 g/mol. The summed E-state index contributed by atoms with van der Waals surface area (Å²) < 4.78 is 0. The Hall–Kier alpha value is -1.43. The average molecular weight is 311 g/mol. The Bertz CT molecular complexity index is 471. The fourth-order valence-electron chi connectivity index (χ4n) is 1.86. The SMILES string of the molecule is CCCCN(CC(=O)Nc1ncc(C)s1)C(=O)CC(C)C. The number of amides is 2. The summed E-state index contributed by atoms with van der Waals surface area (Å²) >= 11 is 1.43. The van der Waals surface area contributed by atoms with Crippen LogP contribution in [-0.4, -0.2) is 34.8 Å². The van der Waals surface area contributed by atoms with Crippen molar-refractivity contribution in [3.63, 3.8) is 0 Å². The molecule has 0 fully saturated rings. The maximum absolute atomic E-state index is 12.2. The highest BCUT2D eigenvalue weighted by molar-refractivity contribution is 7.15. The number of anilines is 1. The Balaban J connectivity index is 2.57. The van der Waals surface area contributed by atoms with E-state index < -0.39 is 0 Å². The maximum Gasteiger partial charge on any atom is 0.245 e. The van der Waals surface area contributed by atoms with E-state index in [1.165, 1.54) is 11.3 Å². The lowest BCUT2D eigenvalue weighted by Gasteiger charge is -2.22. The number of carbonyl (C=O) groups excluding carboxylic acids is 2. The molecule has 0 spiro atoms. The molecule has 1 N–H and O–H groups in total. The Morgan fingerprint density at radius 3 is 2.67 bits per heavy atom. The average Bonchev–Trinajstić information content (AvgIpc) is 2.78. The molecule has 6 heteroatoms. The van der Waals surface area contributed by atoms with E-state index in [-0.39, 0.29) is 18.4 Å². The molecule has 0 saturated carbocycles. The van der Waals surface area contributed by atoms with Gasteiger partial charge >= 0.3 is 0 Å². The number of rotatable bonds is 8. The Labute approximate surface area is 130 Å². The predicted molar refractivity (Wildman–Crippen MR) is 86.4 cm³/mol. The maximum atomic E-state index is 12.2. The first kappa shape index (κ1) is 17.6. The molecule has 1 aromatic heterocycles. The van der Waals surface area contributed by atoms with E-state index in [0.29, 0.717) is 24.0 Å². The van der Waals surface area contributed by atoms with Crippen LogP contribution in [0.4, 0.5) is 5.13 Å². The van der Waals surface area contributed by atoms with Crippen LogP contribution in [0.15, 0.2) is 6.20 Å². The van der Waals surface area contributed by atoms with E-state index in [4.69, 9.17) is 0 Å². The van der Waals surface area contributed by atoms with Crippen molar-refractivity contribution in [1.82, 2.24) is 9.88 Å². The van der Waals surface area contributed by atoms with Crippen LogP contribution in [0.5, 0.6) is 0 Å². The molecule has 1 rings (SSSR count). The zero-order chi connectivity index (χ0) is 15.8. The molecule has 2 amide bonds. The van der Waals surface area contributed by atoms with E-state index >= 15 is 0 Å². The van der Waals surface area contributed by atoms with Gasteiger partial charge in [0.2, 0.25) is 11.8 Å². The highest BCUT2D eigenvalue weighted by Gasteiger charge is 2.18. The number of hydrogen-bond donors (Lipinski definition) is 1. The minimum atomic E-state index is -0.183. The number of nitrogens with one attached hydrogen (secondary N) is 1. The largest absolute Gasteiger partial charge is 0.333 e. The van der Waals surface area contributed by atoms with Crippen LogP contribution in [0.25, 0.3) is 0 Å². The molecule has 0 aliphatic carbocycles. The Morgan fingerprint density at radius 1 is 1.43 bits per heavy atom. The summed E-state index contributed by atoms with van der Waals surface area (Å²) in [6.45, 7) is 8.76. The third-order valence-electron chi connectivity index (χ3n) is 2.92. The van der Waals surface area contributed by atoms with Crippen molar-refractivity contribution in [3.05, 3.63) is 11.1 Å². The molecule has 0 bridgehead atoms. The van der Waals surface area contributed by atoms with Gasteiger partial charge in [-0.2, -0.15) is 0 Å². The van der Waals surface area contributed by atoms with Crippen molar-refractivity contribution in [1.29, 1.82) is 0 Å². The number of unbranched alkanes of at least 4 members (excludes halogenated alkanes) is 1. The molecule has 0 aliphatic heterocycles. The van der Waals surface area contributed by atoms with Gasteiger partial charge in [-0.15, -0.1) is 11.3 Å². The summed E-state index contributed by atoms with van der Waals surface area (Å²) in [5, 5.41) is 3.34. The molecule has 1 heterocycles. The van der Waals surface area contributed by atoms with Crippen molar-refractivity contribution in [3.8, 4) is 0 Å². The van der Waals surface area contributed by atoms with Gasteiger partial charge in [-0.25, -0.2) is 4.98 Å². The topological polar surface area (TPSA) is 62.3 Å². The molecule has 1 aromatic rings. The normalized spacial score (nSPS) is 10.7. The second-order valence-electron chi connectivity index (χ2n) is 5.59. The summed E-state index contributed by atoms with van der Waals surface area (Å²) in [5.74, 6) is 0.160. The first-order chi connectivity index (χ1) is 9.92. The third-order valence-corrected chi connectivity index (χ3v) is 3.75. The quantitative estimate of drug-likeness (QED) is 0.802. The summed E-state index contributed by atoms with van der Waals surface area (Å²) in [4.78, 5) is 31.0. The molecule has 0 atom stereocenters. The van der Waals surface area contributed by atoms with E-state index in [1.807, 2.05) is 20.8 Å². The van der Waals surface area contributed by atoms with Gasteiger partial charge in [0.1, 0.15) is 0 Å². The van der Waals surface area contributed by atoms with Crippen LogP contribution in [0.2, 0.25) is 0 Å². The second-order valence-corrected chi connectivity index (χ2v) is 6.83. The molecule has 21 heavy (non-hydrogen) atoms. The standard InChI is InChI=1S/C15H25N3O2S/c1-5-6-7-18(14(20)8-11(2)3)10-13(19)17-15-16-9-12(4)21-15/h9,11H,5-8,10H2,1-4H3,(H,16,17,19). The fourth-order valence-corrected chi connectivity index (χ4v) is 2.54. The van der Waals surface area contributed by atoms with Crippen LogP contribution in [0, 0.1) is 12.8 Å². The van der Waals surface area contributed by atoms with Gasteiger partial charge in [0, 0.05) is 24.0 Å². The summed E-state index contributed by atoms with van der Waals surface area (Å²) in [6, 6.07) is 0. The lowest BCUT2D eigenvalue weighted by molar-refractivity contribution is -0.135. The number of nitrogens with zero attached hydrogens (tertiary/aromatic N) is 2. The molecule has 0 saturated heterocycles. The molecule has 118 valence electrons. The first-order valence-corrected chi connectivity index (χ1v) is 8.24. The molecule has 0 radical (unpaired) electrons. The van der Waals surface area contributed by atoms with Gasteiger partial charge in [-0.1, -0.05) is 27.2 Å². The van der Waals surface area contributed by atoms with Crippen LogP contribution in [0.3, 0.4) is 0 Å². The van der Waals surface area contributed by atoms with Crippen LogP contribution < -0.4 is 5.32 Å². The lowest BCUT2D eigenvalue weighted by atomic mass is 10.1. The molecule has 0 aromatic carbocycles. The fraction of sp³-hybridized carbons (Fsp3) is 0.667. The van der Waals surface area contributed by atoms with Gasteiger partial charge in [-0.3, -0.25) is 9.59 Å². The van der Waals surface area contributed by atoms with Gasteiger partial charge in [-0.05, 0) is 19.3 Å². The Kier molecular flexibility index (Phi) is 7.36. The van der Waals surface area contributed by atoms with Gasteiger partial charge in [0.15, 0.2) is 5.13 Å². The minimum absolute atomic E-state index is 0.0453. The Morgan fingerprint density at radius 2 is 2.14 bits per heavy atom. The second kappa shape index (κ2) is 8.77. The highest BCUT2D eigenvalue weighted by atomic mass is 32.1. The van der Waals surface area contributed by atoms with Gasteiger partial charge < -0.3 is 10.2 Å². The molecule has 5 nitrogen and oxygen atoms in total. The summed E-state index contributed by atoms with van der Waals surface area (Å²) in [6.07, 6.45) is 4.11. The van der Waals surface area contributed by atoms with E-state index in [1.54, 1.807) is 11.1 Å². The molecule has 0 unspecified atom stereocenters. The summed E-state index contributed by atoms with van der Waals surface area (Å²) in [7, 11) is 0. The zero-order valence-electron chi connectivity index (χ0n) is 13.3. The number of carbonyl (C=O) groups is 2. The number of aryl methyl sites for hydroxylation is 1. The minimum Gasteiger partial charge on any atom is -0.333 e. The number of thiazole rings is 1. The van der Waals surface area contributed by atoms with E-state index in [2.05, 4.69) is 17.2 Å². The highest BCUT2D eigenvalue weighted by Crippen LogP contribution is 2.16.